The molecule has 8 heteroatoms. The third-order valence-corrected chi connectivity index (χ3v) is 4.31. The predicted molar refractivity (Wildman–Crippen MR) is 104 cm³/mol. The van der Waals surface area contributed by atoms with E-state index in [0.29, 0.717) is 11.6 Å². The normalized spacial score (nSPS) is 12.1. The molecule has 1 amide bonds. The van der Waals surface area contributed by atoms with Gasteiger partial charge >= 0.3 is 6.61 Å². The van der Waals surface area contributed by atoms with Gasteiger partial charge in [0.05, 0.1) is 19.7 Å². The Hall–Kier alpha value is -2.38. The number of nitrogens with zero attached hydrogens (tertiary/aromatic N) is 1. The van der Waals surface area contributed by atoms with Crippen molar-refractivity contribution < 1.29 is 23.0 Å². The lowest BCUT2D eigenvalue weighted by Gasteiger charge is -2.20. The van der Waals surface area contributed by atoms with Gasteiger partial charge in [-0.2, -0.15) is 8.78 Å². The van der Waals surface area contributed by atoms with E-state index in [2.05, 4.69) is 10.1 Å². The van der Waals surface area contributed by atoms with Gasteiger partial charge in [-0.05, 0) is 49.4 Å². The molecule has 0 aliphatic rings. The van der Waals surface area contributed by atoms with E-state index in [0.717, 1.165) is 11.1 Å². The standard InChI is InChI=1S/C20H23ClF2N2O3/c1-13(15-5-7-16(21)8-6-15)24-19(26)12-25(2)11-14-4-9-17(28-20(22)23)18(10-14)27-3/h4-10,13,20H,11-12H2,1-3H3,(H,24,26)/t13-/m0/s1. The molecule has 0 bridgehead atoms. The fourth-order valence-corrected chi connectivity index (χ4v) is 2.86. The van der Waals surface area contributed by atoms with Crippen molar-refractivity contribution in [3.8, 4) is 11.5 Å². The zero-order valence-electron chi connectivity index (χ0n) is 15.9. The fourth-order valence-electron chi connectivity index (χ4n) is 2.74. The van der Waals surface area contributed by atoms with Gasteiger partial charge in [0.15, 0.2) is 11.5 Å². The summed E-state index contributed by atoms with van der Waals surface area (Å²) in [6.07, 6.45) is 0. The van der Waals surface area contributed by atoms with E-state index < -0.39 is 6.61 Å². The first-order valence-corrected chi connectivity index (χ1v) is 9.01. The predicted octanol–water partition coefficient (Wildman–Crippen LogP) is 4.26. The molecule has 0 aliphatic carbocycles. The van der Waals surface area contributed by atoms with E-state index in [1.165, 1.54) is 13.2 Å². The Morgan fingerprint density at radius 1 is 1.18 bits per heavy atom. The first-order valence-electron chi connectivity index (χ1n) is 8.63. The van der Waals surface area contributed by atoms with Crippen LogP contribution in [-0.4, -0.2) is 38.1 Å². The molecule has 0 saturated heterocycles. The lowest BCUT2D eigenvalue weighted by molar-refractivity contribution is -0.122. The number of benzene rings is 2. The van der Waals surface area contributed by atoms with Crippen LogP contribution in [0.5, 0.6) is 11.5 Å². The number of alkyl halides is 2. The summed E-state index contributed by atoms with van der Waals surface area (Å²) in [6, 6.07) is 11.8. The van der Waals surface area contributed by atoms with E-state index in [9.17, 15) is 13.6 Å². The molecule has 2 rings (SSSR count). The number of likely N-dealkylation sites (N-methyl/N-ethyl adjacent to an activating group) is 1. The molecule has 0 aromatic heterocycles. The molecule has 1 N–H and O–H groups in total. The van der Waals surface area contributed by atoms with Crippen LogP contribution in [0.25, 0.3) is 0 Å². The van der Waals surface area contributed by atoms with Crippen LogP contribution in [-0.2, 0) is 11.3 Å². The van der Waals surface area contributed by atoms with Crippen molar-refractivity contribution in [1.29, 1.82) is 0 Å². The Balaban J connectivity index is 1.91. The molecule has 0 fully saturated rings. The summed E-state index contributed by atoms with van der Waals surface area (Å²) in [5.74, 6) is 0.0556. The number of nitrogens with one attached hydrogen (secondary N) is 1. The molecule has 0 aliphatic heterocycles. The molecule has 2 aromatic rings. The molecule has 1 atom stereocenters. The third-order valence-electron chi connectivity index (χ3n) is 4.06. The first-order chi connectivity index (χ1) is 13.3. The molecular weight excluding hydrogens is 390 g/mol. The topological polar surface area (TPSA) is 50.8 Å². The Bertz CT molecular complexity index is 788. The molecule has 0 heterocycles. The molecule has 2 aromatic carbocycles. The zero-order valence-corrected chi connectivity index (χ0v) is 16.7. The van der Waals surface area contributed by atoms with Crippen LogP contribution in [0, 0.1) is 0 Å². The van der Waals surface area contributed by atoms with Gasteiger partial charge in [0, 0.05) is 11.6 Å². The van der Waals surface area contributed by atoms with E-state index in [1.807, 2.05) is 24.0 Å². The number of amides is 1. The second-order valence-corrected chi connectivity index (χ2v) is 6.81. The van der Waals surface area contributed by atoms with Gasteiger partial charge in [-0.25, -0.2) is 0 Å². The number of ether oxygens (including phenoxy) is 2. The van der Waals surface area contributed by atoms with Gasteiger partial charge in [-0.3, -0.25) is 9.69 Å². The Kier molecular flexibility index (Phi) is 8.02. The quantitative estimate of drug-likeness (QED) is 0.668. The Morgan fingerprint density at radius 2 is 1.86 bits per heavy atom. The Morgan fingerprint density at radius 3 is 2.46 bits per heavy atom. The van der Waals surface area contributed by atoms with Crippen molar-refractivity contribution in [1.82, 2.24) is 10.2 Å². The van der Waals surface area contributed by atoms with E-state index in [1.54, 1.807) is 31.3 Å². The molecule has 152 valence electrons. The average molecular weight is 413 g/mol. The highest BCUT2D eigenvalue weighted by atomic mass is 35.5. The van der Waals surface area contributed by atoms with E-state index in [4.69, 9.17) is 16.3 Å². The van der Waals surface area contributed by atoms with Crippen molar-refractivity contribution in [2.45, 2.75) is 26.1 Å². The summed E-state index contributed by atoms with van der Waals surface area (Å²) < 4.78 is 34.3. The van der Waals surface area contributed by atoms with Gasteiger partial charge < -0.3 is 14.8 Å². The van der Waals surface area contributed by atoms with Crippen LogP contribution in [0.15, 0.2) is 42.5 Å². The van der Waals surface area contributed by atoms with E-state index in [-0.39, 0.29) is 30.0 Å². The maximum Gasteiger partial charge on any atom is 0.387 e. The molecule has 0 radical (unpaired) electrons. The van der Waals surface area contributed by atoms with Crippen LogP contribution >= 0.6 is 11.6 Å². The van der Waals surface area contributed by atoms with Crippen LogP contribution in [0.3, 0.4) is 0 Å². The lowest BCUT2D eigenvalue weighted by Crippen LogP contribution is -2.36. The number of methoxy groups -OCH3 is 1. The number of hydrogen-bond acceptors (Lipinski definition) is 4. The molecule has 28 heavy (non-hydrogen) atoms. The highest BCUT2D eigenvalue weighted by Crippen LogP contribution is 2.29. The molecular formula is C20H23ClF2N2O3. The van der Waals surface area contributed by atoms with Gasteiger partial charge in [0.2, 0.25) is 5.91 Å². The second kappa shape index (κ2) is 10.2. The second-order valence-electron chi connectivity index (χ2n) is 6.38. The number of hydrogen-bond donors (Lipinski definition) is 1. The number of carbonyl (C=O) groups is 1. The molecule has 0 saturated carbocycles. The summed E-state index contributed by atoms with van der Waals surface area (Å²) in [5, 5.41) is 3.57. The largest absolute Gasteiger partial charge is 0.493 e. The van der Waals surface area contributed by atoms with Crippen LogP contribution in [0.2, 0.25) is 5.02 Å². The van der Waals surface area contributed by atoms with Crippen LogP contribution in [0.4, 0.5) is 8.78 Å². The summed E-state index contributed by atoms with van der Waals surface area (Å²) >= 11 is 5.88. The maximum atomic E-state index is 12.4. The highest BCUT2D eigenvalue weighted by Gasteiger charge is 2.14. The number of rotatable bonds is 9. The minimum atomic E-state index is -2.92. The zero-order chi connectivity index (χ0) is 20.7. The summed E-state index contributed by atoms with van der Waals surface area (Å²) in [5.41, 5.74) is 1.76. The third kappa shape index (κ3) is 6.65. The van der Waals surface area contributed by atoms with Crippen molar-refractivity contribution in [3.63, 3.8) is 0 Å². The first kappa shape index (κ1) is 21.9. The fraction of sp³-hybridized carbons (Fsp3) is 0.350. The van der Waals surface area contributed by atoms with Crippen molar-refractivity contribution in [3.05, 3.63) is 58.6 Å². The molecule has 5 nitrogen and oxygen atoms in total. The summed E-state index contributed by atoms with van der Waals surface area (Å²) in [6.45, 7) is -0.411. The van der Waals surface area contributed by atoms with Gasteiger partial charge in [-0.15, -0.1) is 0 Å². The monoisotopic (exact) mass is 412 g/mol. The number of carbonyl (C=O) groups excluding carboxylic acids is 1. The van der Waals surface area contributed by atoms with Crippen molar-refractivity contribution in [2.24, 2.45) is 0 Å². The highest BCUT2D eigenvalue weighted by molar-refractivity contribution is 6.30. The number of halogens is 3. The lowest BCUT2D eigenvalue weighted by atomic mass is 10.1. The Labute approximate surface area is 168 Å². The smallest absolute Gasteiger partial charge is 0.387 e. The summed E-state index contributed by atoms with van der Waals surface area (Å²) in [7, 11) is 3.18. The minimum Gasteiger partial charge on any atom is -0.493 e. The average Bonchev–Trinajstić information content (AvgIpc) is 2.62. The van der Waals surface area contributed by atoms with Gasteiger partial charge in [-0.1, -0.05) is 29.8 Å². The molecule has 0 spiro atoms. The van der Waals surface area contributed by atoms with Crippen molar-refractivity contribution in [2.75, 3.05) is 20.7 Å². The van der Waals surface area contributed by atoms with Crippen molar-refractivity contribution >= 4 is 17.5 Å². The molecule has 0 unspecified atom stereocenters. The maximum absolute atomic E-state index is 12.4. The van der Waals surface area contributed by atoms with Crippen LogP contribution < -0.4 is 14.8 Å². The van der Waals surface area contributed by atoms with Gasteiger partial charge in [0.1, 0.15) is 0 Å². The van der Waals surface area contributed by atoms with Gasteiger partial charge in [0.25, 0.3) is 0 Å². The SMILES string of the molecule is COc1cc(CN(C)CC(=O)N[C@@H](C)c2ccc(Cl)cc2)ccc1OC(F)F. The minimum absolute atomic E-state index is 0.0292. The summed E-state index contributed by atoms with van der Waals surface area (Å²) in [4.78, 5) is 14.1. The van der Waals surface area contributed by atoms with Crippen LogP contribution in [0.1, 0.15) is 24.1 Å². The van der Waals surface area contributed by atoms with E-state index >= 15 is 0 Å².